The number of carboxylic acid groups (broad SMARTS) is 1. The van der Waals surface area contributed by atoms with E-state index >= 15 is 0 Å². The maximum absolute atomic E-state index is 12.1. The van der Waals surface area contributed by atoms with E-state index in [1.807, 2.05) is 0 Å². The molecular formula is C12H16ClNO4S. The molecule has 0 aliphatic carbocycles. The highest BCUT2D eigenvalue weighted by Crippen LogP contribution is 2.20. The van der Waals surface area contributed by atoms with Crippen LogP contribution in [-0.4, -0.2) is 25.5 Å². The molecule has 0 aliphatic rings. The fourth-order valence-corrected chi connectivity index (χ4v) is 3.01. The highest BCUT2D eigenvalue weighted by Gasteiger charge is 2.24. The first-order valence-electron chi connectivity index (χ1n) is 5.79. The molecule has 0 spiro atoms. The average molecular weight is 306 g/mol. The number of sulfonamides is 1. The Balaban J connectivity index is 3.03. The zero-order valence-electron chi connectivity index (χ0n) is 10.7. The molecule has 5 nitrogen and oxygen atoms in total. The Morgan fingerprint density at radius 3 is 2.58 bits per heavy atom. The van der Waals surface area contributed by atoms with E-state index in [4.69, 9.17) is 16.7 Å². The Morgan fingerprint density at radius 2 is 2.11 bits per heavy atom. The van der Waals surface area contributed by atoms with Gasteiger partial charge >= 0.3 is 5.97 Å². The monoisotopic (exact) mass is 305 g/mol. The SMILES string of the molecule is CCCC(NS(=O)(=O)c1ccc(C)c(Cl)c1)C(=O)O. The van der Waals surface area contributed by atoms with Crippen molar-refractivity contribution < 1.29 is 18.3 Å². The minimum absolute atomic E-state index is 0.0366. The first kappa shape index (κ1) is 15.9. The van der Waals surface area contributed by atoms with E-state index in [9.17, 15) is 13.2 Å². The van der Waals surface area contributed by atoms with Gasteiger partial charge in [0.2, 0.25) is 10.0 Å². The third-order valence-corrected chi connectivity index (χ3v) is 4.50. The second kappa shape index (κ2) is 6.36. The highest BCUT2D eigenvalue weighted by molar-refractivity contribution is 7.89. The molecule has 2 N–H and O–H groups in total. The standard InChI is InChI=1S/C12H16ClNO4S/c1-3-4-11(12(15)16)14-19(17,18)9-6-5-8(2)10(13)7-9/h5-7,11,14H,3-4H2,1-2H3,(H,15,16). The van der Waals surface area contributed by atoms with E-state index in [2.05, 4.69) is 4.72 Å². The topological polar surface area (TPSA) is 83.5 Å². The number of halogens is 1. The van der Waals surface area contributed by atoms with Crippen molar-refractivity contribution in [3.63, 3.8) is 0 Å². The number of rotatable bonds is 6. The molecular weight excluding hydrogens is 290 g/mol. The largest absolute Gasteiger partial charge is 0.480 e. The molecule has 1 atom stereocenters. The number of carbonyl (C=O) groups is 1. The van der Waals surface area contributed by atoms with Crippen molar-refractivity contribution in [2.24, 2.45) is 0 Å². The lowest BCUT2D eigenvalue weighted by Gasteiger charge is -2.14. The third kappa shape index (κ3) is 4.19. The van der Waals surface area contributed by atoms with Crippen molar-refractivity contribution >= 4 is 27.6 Å². The summed E-state index contributed by atoms with van der Waals surface area (Å²) < 4.78 is 26.3. The van der Waals surface area contributed by atoms with E-state index < -0.39 is 22.0 Å². The van der Waals surface area contributed by atoms with Crippen LogP contribution in [0, 0.1) is 6.92 Å². The van der Waals surface area contributed by atoms with Crippen LogP contribution in [0.4, 0.5) is 0 Å². The number of hydrogen-bond acceptors (Lipinski definition) is 3. The van der Waals surface area contributed by atoms with E-state index in [0.717, 1.165) is 5.56 Å². The molecule has 0 heterocycles. The van der Waals surface area contributed by atoms with Gasteiger partial charge in [-0.3, -0.25) is 4.79 Å². The Morgan fingerprint density at radius 1 is 1.47 bits per heavy atom. The van der Waals surface area contributed by atoms with Gasteiger partial charge in [0.15, 0.2) is 0 Å². The van der Waals surface area contributed by atoms with Crippen LogP contribution in [0.5, 0.6) is 0 Å². The van der Waals surface area contributed by atoms with E-state index in [-0.39, 0.29) is 11.3 Å². The number of nitrogens with one attached hydrogen (secondary N) is 1. The Kier molecular flexibility index (Phi) is 5.34. The molecule has 0 saturated carbocycles. The van der Waals surface area contributed by atoms with Crippen molar-refractivity contribution in [3.8, 4) is 0 Å². The van der Waals surface area contributed by atoms with Gasteiger partial charge in [0.05, 0.1) is 4.90 Å². The van der Waals surface area contributed by atoms with Crippen LogP contribution in [0.25, 0.3) is 0 Å². The predicted molar refractivity (Wildman–Crippen MR) is 72.8 cm³/mol. The molecule has 1 aromatic carbocycles. The van der Waals surface area contributed by atoms with Crippen LogP contribution in [0.15, 0.2) is 23.1 Å². The highest BCUT2D eigenvalue weighted by atomic mass is 35.5. The molecule has 1 rings (SSSR count). The molecule has 1 aromatic rings. The Bertz CT molecular complexity index is 571. The lowest BCUT2D eigenvalue weighted by Crippen LogP contribution is -2.40. The van der Waals surface area contributed by atoms with Gasteiger partial charge < -0.3 is 5.11 Å². The zero-order chi connectivity index (χ0) is 14.6. The van der Waals surface area contributed by atoms with Crippen LogP contribution in [0.1, 0.15) is 25.3 Å². The second-order valence-electron chi connectivity index (χ2n) is 4.21. The molecule has 7 heteroatoms. The van der Waals surface area contributed by atoms with Gasteiger partial charge in [0.1, 0.15) is 6.04 Å². The van der Waals surface area contributed by atoms with Gasteiger partial charge in [0, 0.05) is 5.02 Å². The van der Waals surface area contributed by atoms with Crippen LogP contribution in [-0.2, 0) is 14.8 Å². The molecule has 19 heavy (non-hydrogen) atoms. The van der Waals surface area contributed by atoms with Gasteiger partial charge in [-0.25, -0.2) is 8.42 Å². The predicted octanol–water partition coefficient (Wildman–Crippen LogP) is 2.18. The first-order valence-corrected chi connectivity index (χ1v) is 7.65. The van der Waals surface area contributed by atoms with Gasteiger partial charge in [-0.1, -0.05) is 31.0 Å². The summed E-state index contributed by atoms with van der Waals surface area (Å²) in [7, 11) is -3.88. The summed E-state index contributed by atoms with van der Waals surface area (Å²) >= 11 is 5.87. The maximum Gasteiger partial charge on any atom is 0.321 e. The van der Waals surface area contributed by atoms with Crippen molar-refractivity contribution in [1.82, 2.24) is 4.72 Å². The van der Waals surface area contributed by atoms with Crippen molar-refractivity contribution in [1.29, 1.82) is 0 Å². The van der Waals surface area contributed by atoms with Gasteiger partial charge in [-0.05, 0) is 31.0 Å². The molecule has 0 radical (unpaired) electrons. The first-order chi connectivity index (χ1) is 8.77. The average Bonchev–Trinajstić information content (AvgIpc) is 2.31. The summed E-state index contributed by atoms with van der Waals surface area (Å²) in [6.45, 7) is 3.54. The molecule has 0 bridgehead atoms. The van der Waals surface area contributed by atoms with E-state index in [0.29, 0.717) is 11.4 Å². The lowest BCUT2D eigenvalue weighted by molar-refractivity contribution is -0.139. The van der Waals surface area contributed by atoms with Gasteiger partial charge in [-0.2, -0.15) is 4.72 Å². The number of benzene rings is 1. The summed E-state index contributed by atoms with van der Waals surface area (Å²) in [5.41, 5.74) is 0.754. The van der Waals surface area contributed by atoms with Crippen LogP contribution >= 0.6 is 11.6 Å². The molecule has 1 unspecified atom stereocenters. The fraction of sp³-hybridized carbons (Fsp3) is 0.417. The Hall–Kier alpha value is -1.11. The molecule has 0 amide bonds. The van der Waals surface area contributed by atoms with Gasteiger partial charge in [-0.15, -0.1) is 0 Å². The van der Waals surface area contributed by atoms with Gasteiger partial charge in [0.25, 0.3) is 0 Å². The molecule has 0 saturated heterocycles. The maximum atomic E-state index is 12.1. The quantitative estimate of drug-likeness (QED) is 0.844. The lowest BCUT2D eigenvalue weighted by atomic mass is 10.2. The summed E-state index contributed by atoms with van der Waals surface area (Å²) in [6, 6.07) is 3.15. The van der Waals surface area contributed by atoms with Crippen molar-refractivity contribution in [2.45, 2.75) is 37.6 Å². The molecule has 0 aliphatic heterocycles. The molecule has 106 valence electrons. The number of hydrogen-bond donors (Lipinski definition) is 2. The smallest absolute Gasteiger partial charge is 0.321 e. The third-order valence-electron chi connectivity index (χ3n) is 2.63. The Labute approximate surface area is 117 Å². The number of carboxylic acids is 1. The van der Waals surface area contributed by atoms with Crippen molar-refractivity contribution in [2.75, 3.05) is 0 Å². The second-order valence-corrected chi connectivity index (χ2v) is 6.33. The molecule has 0 aromatic heterocycles. The summed E-state index contributed by atoms with van der Waals surface area (Å²) in [6.07, 6.45) is 0.794. The molecule has 0 fully saturated rings. The minimum Gasteiger partial charge on any atom is -0.480 e. The van der Waals surface area contributed by atoms with Crippen LogP contribution in [0.3, 0.4) is 0 Å². The number of aliphatic carboxylic acids is 1. The summed E-state index contributed by atoms with van der Waals surface area (Å²) in [5, 5.41) is 9.28. The number of aryl methyl sites for hydroxylation is 1. The summed E-state index contributed by atoms with van der Waals surface area (Å²) in [5.74, 6) is -1.19. The minimum atomic E-state index is -3.88. The van der Waals surface area contributed by atoms with Crippen LogP contribution < -0.4 is 4.72 Å². The normalized spacial score (nSPS) is 13.2. The zero-order valence-corrected chi connectivity index (χ0v) is 12.3. The van der Waals surface area contributed by atoms with Crippen LogP contribution in [0.2, 0.25) is 5.02 Å². The fourth-order valence-electron chi connectivity index (χ4n) is 1.52. The van der Waals surface area contributed by atoms with E-state index in [1.165, 1.54) is 12.1 Å². The van der Waals surface area contributed by atoms with Crippen molar-refractivity contribution in [3.05, 3.63) is 28.8 Å². The van der Waals surface area contributed by atoms with E-state index in [1.54, 1.807) is 19.9 Å². The summed E-state index contributed by atoms with van der Waals surface area (Å²) in [4.78, 5) is 10.9.